The first-order valence-electron chi connectivity index (χ1n) is 8.04. The fraction of sp³-hybridized carbons (Fsp3) is 0.267. The van der Waals surface area contributed by atoms with Crippen LogP contribution in [-0.4, -0.2) is 46.2 Å². The maximum absolute atomic E-state index is 14.5. The molecule has 0 aliphatic carbocycles. The Hall–Kier alpha value is -3.35. The van der Waals surface area contributed by atoms with Gasteiger partial charge in [0.25, 0.3) is 5.91 Å². The van der Waals surface area contributed by atoms with Gasteiger partial charge in [0.1, 0.15) is 18.0 Å². The summed E-state index contributed by atoms with van der Waals surface area (Å²) in [4.78, 5) is 18.8. The van der Waals surface area contributed by atoms with Crippen LogP contribution in [0.4, 0.5) is 21.7 Å². The number of phenolic OH excluding ortho intramolecular Hbond substituents is 1. The number of hydrogen-bond donors (Lipinski definition) is 5. The van der Waals surface area contributed by atoms with E-state index in [1.54, 1.807) is 4.72 Å². The molecule has 1 aromatic heterocycles. The predicted molar refractivity (Wildman–Crippen MR) is 95.1 cm³/mol. The summed E-state index contributed by atoms with van der Waals surface area (Å²) in [5.41, 5.74) is -0.626. The zero-order chi connectivity index (χ0) is 20.6. The first-order chi connectivity index (χ1) is 13.1. The third-order valence-electron chi connectivity index (χ3n) is 3.83. The molecule has 150 valence electrons. The van der Waals surface area contributed by atoms with Gasteiger partial charge in [-0.1, -0.05) is 13.3 Å². The lowest BCUT2D eigenvalue weighted by Crippen LogP contribution is -2.30. The van der Waals surface area contributed by atoms with Crippen LogP contribution in [0.15, 0.2) is 12.1 Å². The molecule has 0 saturated carbocycles. The molecule has 2 aromatic rings. The van der Waals surface area contributed by atoms with Gasteiger partial charge in [-0.15, -0.1) is 0 Å². The van der Waals surface area contributed by atoms with Crippen molar-refractivity contribution < 1.29 is 32.9 Å². The van der Waals surface area contributed by atoms with Gasteiger partial charge < -0.3 is 20.6 Å². The van der Waals surface area contributed by atoms with Crippen LogP contribution < -0.4 is 14.3 Å². The van der Waals surface area contributed by atoms with Crippen molar-refractivity contribution in [2.24, 2.45) is 0 Å². The minimum absolute atomic E-state index is 0.0864. The Balaban J connectivity index is 1.93. The Morgan fingerprint density at radius 2 is 1.89 bits per heavy atom. The molecule has 0 atom stereocenters. The Morgan fingerprint density at radius 3 is 2.39 bits per heavy atom. The van der Waals surface area contributed by atoms with E-state index in [1.807, 2.05) is 6.92 Å². The minimum atomic E-state index is -4.30. The van der Waals surface area contributed by atoms with Gasteiger partial charge in [-0.2, -0.15) is 18.4 Å². The van der Waals surface area contributed by atoms with E-state index in [9.17, 15) is 32.9 Å². The highest BCUT2D eigenvalue weighted by atomic mass is 32.2. The van der Waals surface area contributed by atoms with Gasteiger partial charge in [-0.25, -0.2) is 13.4 Å². The summed E-state index contributed by atoms with van der Waals surface area (Å²) in [5, 5.41) is 32.3. The van der Waals surface area contributed by atoms with E-state index < -0.39 is 51.7 Å². The molecule has 28 heavy (non-hydrogen) atoms. The van der Waals surface area contributed by atoms with Crippen LogP contribution >= 0.6 is 0 Å². The first kappa shape index (κ1) is 19.4. The predicted octanol–water partition coefficient (Wildman–Crippen LogP) is 0.610. The highest BCUT2D eigenvalue weighted by molar-refractivity contribution is 7.92. The molecule has 13 heteroatoms. The molecule has 0 spiro atoms. The molecule has 0 unspecified atom stereocenters. The molecule has 1 amide bonds. The summed E-state index contributed by atoms with van der Waals surface area (Å²) in [6, 6.07) is 1.82. The van der Waals surface area contributed by atoms with E-state index in [2.05, 4.69) is 15.3 Å². The highest BCUT2D eigenvalue weighted by Gasteiger charge is 2.37. The van der Waals surface area contributed by atoms with E-state index in [1.165, 1.54) is 0 Å². The second-order valence-electron chi connectivity index (χ2n) is 5.91. The maximum Gasteiger partial charge on any atom is 0.326 e. The number of rotatable bonds is 5. The minimum Gasteiger partial charge on any atom is -0.506 e. The molecule has 1 aliphatic rings. The number of anilines is 3. The molecule has 0 bridgehead atoms. The van der Waals surface area contributed by atoms with Crippen molar-refractivity contribution in [3.05, 3.63) is 23.5 Å². The normalized spacial score (nSPS) is 15.5. The van der Waals surface area contributed by atoms with Gasteiger partial charge in [0.05, 0.1) is 5.56 Å². The number of aromatic hydroxyl groups is 3. The van der Waals surface area contributed by atoms with Crippen molar-refractivity contribution >= 4 is 33.4 Å². The summed E-state index contributed by atoms with van der Waals surface area (Å²) in [7, 11) is -4.30. The van der Waals surface area contributed by atoms with Gasteiger partial charge in [-0.05, 0) is 12.5 Å². The van der Waals surface area contributed by atoms with Crippen LogP contribution in [0.1, 0.15) is 18.9 Å². The lowest BCUT2D eigenvalue weighted by molar-refractivity contribution is -0.117. The molecule has 0 radical (unpaired) electrons. The van der Waals surface area contributed by atoms with Crippen molar-refractivity contribution in [1.29, 1.82) is 0 Å². The average molecular weight is 413 g/mol. The molecule has 2 heterocycles. The van der Waals surface area contributed by atoms with Crippen molar-refractivity contribution in [3.63, 3.8) is 0 Å². The number of amides is 1. The zero-order valence-corrected chi connectivity index (χ0v) is 15.3. The van der Waals surface area contributed by atoms with Gasteiger partial charge >= 0.3 is 10.2 Å². The second kappa shape index (κ2) is 6.99. The number of halogens is 1. The summed E-state index contributed by atoms with van der Waals surface area (Å²) in [6.45, 7) is 1.16. The number of nitrogens with one attached hydrogen (secondary N) is 2. The standard InChI is InChI=1S/C15H16FN5O6S/c1-2-3-8-13(24)18-15(19-14(8)25)17-7-4-9(16)12(10(22)5-7)21-6-11(23)20-28(21,26)27/h4-5,22H,2-3,6H2,1H3,(H,20,23)(H3,17,18,19,24,25). The molecular weight excluding hydrogens is 397 g/mol. The average Bonchev–Trinajstić information content (AvgIpc) is 2.82. The number of nitrogens with zero attached hydrogens (tertiary/aromatic N) is 3. The Kier molecular flexibility index (Phi) is 4.85. The lowest BCUT2D eigenvalue weighted by Gasteiger charge is -2.18. The van der Waals surface area contributed by atoms with E-state index >= 15 is 0 Å². The molecule has 5 N–H and O–H groups in total. The third-order valence-corrected chi connectivity index (χ3v) is 5.21. The molecule has 1 saturated heterocycles. The van der Waals surface area contributed by atoms with Crippen molar-refractivity contribution in [2.75, 3.05) is 16.2 Å². The summed E-state index contributed by atoms with van der Waals surface area (Å²) < 4.78 is 40.2. The van der Waals surface area contributed by atoms with Crippen LogP contribution in [0.25, 0.3) is 0 Å². The molecular formula is C15H16FN5O6S. The topological polar surface area (TPSA) is 165 Å². The van der Waals surface area contributed by atoms with E-state index in [0.717, 1.165) is 12.1 Å². The fourth-order valence-corrected chi connectivity index (χ4v) is 3.84. The SMILES string of the molecule is CCCc1c(O)nc(Nc2cc(O)c(N3CC(=O)NS3(=O)=O)c(F)c2)nc1O. The molecule has 1 aliphatic heterocycles. The van der Waals surface area contributed by atoms with Crippen LogP contribution in [0.5, 0.6) is 17.5 Å². The highest BCUT2D eigenvalue weighted by Crippen LogP contribution is 2.37. The summed E-state index contributed by atoms with van der Waals surface area (Å²) >= 11 is 0. The number of hydrogen-bond acceptors (Lipinski definition) is 9. The molecule has 11 nitrogen and oxygen atoms in total. The van der Waals surface area contributed by atoms with Gasteiger partial charge in [0, 0.05) is 11.8 Å². The number of benzene rings is 1. The van der Waals surface area contributed by atoms with Crippen LogP contribution in [0.3, 0.4) is 0 Å². The summed E-state index contributed by atoms with van der Waals surface area (Å²) in [5.74, 6) is -3.95. The van der Waals surface area contributed by atoms with Gasteiger partial charge in [0.15, 0.2) is 5.82 Å². The van der Waals surface area contributed by atoms with Crippen LogP contribution in [-0.2, 0) is 21.4 Å². The fourth-order valence-electron chi connectivity index (χ4n) is 2.67. The number of aromatic nitrogens is 2. The van der Waals surface area contributed by atoms with Crippen molar-refractivity contribution in [2.45, 2.75) is 19.8 Å². The van der Waals surface area contributed by atoms with Gasteiger partial charge in [-0.3, -0.25) is 4.79 Å². The Bertz CT molecular complexity index is 1010. The van der Waals surface area contributed by atoms with Crippen molar-refractivity contribution in [1.82, 2.24) is 14.7 Å². The number of carbonyl (C=O) groups excluding carboxylic acids is 1. The Morgan fingerprint density at radius 1 is 1.25 bits per heavy atom. The van der Waals surface area contributed by atoms with Crippen LogP contribution in [0, 0.1) is 5.82 Å². The third kappa shape index (κ3) is 3.55. The lowest BCUT2D eigenvalue weighted by atomic mass is 10.2. The number of phenols is 1. The zero-order valence-electron chi connectivity index (χ0n) is 14.5. The first-order valence-corrected chi connectivity index (χ1v) is 9.48. The van der Waals surface area contributed by atoms with Gasteiger partial charge in [0.2, 0.25) is 17.7 Å². The molecule has 1 aromatic carbocycles. The van der Waals surface area contributed by atoms with Crippen molar-refractivity contribution in [3.8, 4) is 17.5 Å². The van der Waals surface area contributed by atoms with E-state index in [0.29, 0.717) is 17.1 Å². The van der Waals surface area contributed by atoms with E-state index in [-0.39, 0.29) is 17.2 Å². The van der Waals surface area contributed by atoms with Crippen LogP contribution in [0.2, 0.25) is 0 Å². The maximum atomic E-state index is 14.5. The molecule has 3 rings (SSSR count). The number of carbonyl (C=O) groups is 1. The Labute approximate surface area is 158 Å². The molecule has 1 fully saturated rings. The smallest absolute Gasteiger partial charge is 0.326 e. The quantitative estimate of drug-likeness (QED) is 0.472. The largest absolute Gasteiger partial charge is 0.506 e. The summed E-state index contributed by atoms with van der Waals surface area (Å²) in [6.07, 6.45) is 0.980. The monoisotopic (exact) mass is 413 g/mol. The second-order valence-corrected chi connectivity index (χ2v) is 7.51. The van der Waals surface area contributed by atoms with E-state index in [4.69, 9.17) is 0 Å².